The van der Waals surface area contributed by atoms with Gasteiger partial charge in [-0.25, -0.2) is 0 Å². The van der Waals surface area contributed by atoms with Crippen LogP contribution in [0.25, 0.3) is 0 Å². The summed E-state index contributed by atoms with van der Waals surface area (Å²) in [5, 5.41) is 17.7. The predicted octanol–water partition coefficient (Wildman–Crippen LogP) is 3.01. The zero-order valence-electron chi connectivity index (χ0n) is 10.4. The van der Waals surface area contributed by atoms with Gasteiger partial charge in [0.15, 0.2) is 0 Å². The molecule has 1 rings (SSSR count). The van der Waals surface area contributed by atoms with Crippen LogP contribution in [0.2, 0.25) is 0 Å². The Kier molecular flexibility index (Phi) is 5.17. The number of hydrogen-bond donors (Lipinski definition) is 1. The van der Waals surface area contributed by atoms with Gasteiger partial charge in [-0.2, -0.15) is 5.26 Å². The molecule has 0 radical (unpaired) electrons. The standard InChI is InChI=1S/C13H15BrN2O2/c1-3-16(9(2)6-13(17)18)11-5-4-10(8-15)12(14)7-11/h4-5,7,9H,3,6H2,1-2H3,(H,17,18). The first-order valence-corrected chi connectivity index (χ1v) is 6.47. The molecule has 1 N–H and O–H groups in total. The lowest BCUT2D eigenvalue weighted by atomic mass is 10.1. The summed E-state index contributed by atoms with van der Waals surface area (Å²) in [5.74, 6) is -0.811. The summed E-state index contributed by atoms with van der Waals surface area (Å²) in [6, 6.07) is 7.41. The summed E-state index contributed by atoms with van der Waals surface area (Å²) < 4.78 is 0.725. The summed E-state index contributed by atoms with van der Waals surface area (Å²) in [4.78, 5) is 12.7. The minimum Gasteiger partial charge on any atom is -0.481 e. The lowest BCUT2D eigenvalue weighted by Gasteiger charge is -2.29. The first-order valence-electron chi connectivity index (χ1n) is 5.67. The Hall–Kier alpha value is -1.54. The van der Waals surface area contributed by atoms with Crippen molar-refractivity contribution in [1.82, 2.24) is 0 Å². The maximum atomic E-state index is 10.7. The van der Waals surface area contributed by atoms with Crippen molar-refractivity contribution in [3.05, 3.63) is 28.2 Å². The second-order valence-corrected chi connectivity index (χ2v) is 4.86. The Morgan fingerprint density at radius 1 is 1.61 bits per heavy atom. The number of anilines is 1. The van der Waals surface area contributed by atoms with E-state index in [-0.39, 0.29) is 12.5 Å². The van der Waals surface area contributed by atoms with Gasteiger partial charge >= 0.3 is 5.97 Å². The van der Waals surface area contributed by atoms with E-state index in [1.807, 2.05) is 30.9 Å². The van der Waals surface area contributed by atoms with Crippen LogP contribution in [0, 0.1) is 11.3 Å². The molecular weight excluding hydrogens is 296 g/mol. The van der Waals surface area contributed by atoms with Crippen LogP contribution in [0.3, 0.4) is 0 Å². The van der Waals surface area contributed by atoms with Crippen LogP contribution in [0.4, 0.5) is 5.69 Å². The molecule has 96 valence electrons. The van der Waals surface area contributed by atoms with E-state index in [1.54, 1.807) is 6.07 Å². The Labute approximate surface area is 115 Å². The quantitative estimate of drug-likeness (QED) is 0.908. The molecule has 1 aromatic rings. The van der Waals surface area contributed by atoms with Crippen molar-refractivity contribution >= 4 is 27.6 Å². The number of halogens is 1. The molecule has 0 aliphatic rings. The molecule has 0 heterocycles. The van der Waals surface area contributed by atoms with Gasteiger partial charge < -0.3 is 10.0 Å². The summed E-state index contributed by atoms with van der Waals surface area (Å²) >= 11 is 3.34. The van der Waals surface area contributed by atoms with Crippen LogP contribution < -0.4 is 4.90 Å². The molecule has 1 atom stereocenters. The van der Waals surface area contributed by atoms with E-state index in [0.717, 1.165) is 10.2 Å². The third-order valence-corrected chi connectivity index (χ3v) is 3.40. The van der Waals surface area contributed by atoms with Gasteiger partial charge in [0.2, 0.25) is 0 Å². The smallest absolute Gasteiger partial charge is 0.305 e. The molecule has 1 unspecified atom stereocenters. The summed E-state index contributed by atoms with van der Waals surface area (Å²) in [7, 11) is 0. The van der Waals surface area contributed by atoms with Gasteiger partial charge in [-0.15, -0.1) is 0 Å². The van der Waals surface area contributed by atoms with Crippen molar-refractivity contribution in [2.75, 3.05) is 11.4 Å². The van der Waals surface area contributed by atoms with Crippen molar-refractivity contribution in [3.8, 4) is 6.07 Å². The Balaban J connectivity index is 2.99. The number of carboxylic acid groups (broad SMARTS) is 1. The van der Waals surface area contributed by atoms with Crippen molar-refractivity contribution in [2.45, 2.75) is 26.3 Å². The molecule has 5 heteroatoms. The van der Waals surface area contributed by atoms with Gasteiger partial charge in [0.1, 0.15) is 6.07 Å². The largest absolute Gasteiger partial charge is 0.481 e. The first-order chi connectivity index (χ1) is 8.49. The molecule has 0 aromatic heterocycles. The molecule has 0 aliphatic carbocycles. The average Bonchev–Trinajstić information content (AvgIpc) is 2.29. The fourth-order valence-corrected chi connectivity index (χ4v) is 2.34. The second kappa shape index (κ2) is 6.41. The summed E-state index contributed by atoms with van der Waals surface area (Å²) in [6.45, 7) is 4.57. The normalized spacial score (nSPS) is 11.7. The van der Waals surface area contributed by atoms with Crippen molar-refractivity contribution in [2.24, 2.45) is 0 Å². The van der Waals surface area contributed by atoms with E-state index < -0.39 is 5.97 Å². The number of nitrogens with zero attached hydrogens (tertiary/aromatic N) is 2. The molecule has 0 spiro atoms. The topological polar surface area (TPSA) is 64.3 Å². The number of rotatable bonds is 5. The third kappa shape index (κ3) is 3.47. The maximum Gasteiger partial charge on any atom is 0.305 e. The number of carbonyl (C=O) groups is 1. The maximum absolute atomic E-state index is 10.7. The van der Waals surface area contributed by atoms with Gasteiger partial charge in [-0.3, -0.25) is 4.79 Å². The highest BCUT2D eigenvalue weighted by Crippen LogP contribution is 2.25. The number of carboxylic acids is 1. The molecule has 0 aliphatic heterocycles. The van der Waals surface area contributed by atoms with Gasteiger partial charge in [0, 0.05) is 22.7 Å². The number of nitriles is 1. The minimum absolute atomic E-state index is 0.0888. The van der Waals surface area contributed by atoms with Crippen LogP contribution in [0.15, 0.2) is 22.7 Å². The zero-order chi connectivity index (χ0) is 13.7. The second-order valence-electron chi connectivity index (χ2n) is 4.01. The molecular formula is C13H15BrN2O2. The van der Waals surface area contributed by atoms with Crippen molar-refractivity contribution in [1.29, 1.82) is 5.26 Å². The number of aliphatic carboxylic acids is 1. The monoisotopic (exact) mass is 310 g/mol. The van der Waals surface area contributed by atoms with Gasteiger partial charge in [0.25, 0.3) is 0 Å². The highest BCUT2D eigenvalue weighted by atomic mass is 79.9. The van der Waals surface area contributed by atoms with Gasteiger partial charge in [-0.1, -0.05) is 0 Å². The molecule has 0 fully saturated rings. The van der Waals surface area contributed by atoms with E-state index in [4.69, 9.17) is 10.4 Å². The molecule has 1 aromatic carbocycles. The average molecular weight is 311 g/mol. The Morgan fingerprint density at radius 3 is 2.72 bits per heavy atom. The van der Waals surface area contributed by atoms with E-state index >= 15 is 0 Å². The fourth-order valence-electron chi connectivity index (χ4n) is 1.88. The highest BCUT2D eigenvalue weighted by Gasteiger charge is 2.16. The van der Waals surface area contributed by atoms with Crippen LogP contribution in [0.1, 0.15) is 25.8 Å². The van der Waals surface area contributed by atoms with Crippen molar-refractivity contribution in [3.63, 3.8) is 0 Å². The molecule has 18 heavy (non-hydrogen) atoms. The van der Waals surface area contributed by atoms with E-state index in [1.165, 1.54) is 0 Å². The lowest BCUT2D eigenvalue weighted by Crippen LogP contribution is -2.34. The van der Waals surface area contributed by atoms with Crippen molar-refractivity contribution < 1.29 is 9.90 Å². The minimum atomic E-state index is -0.811. The molecule has 0 saturated heterocycles. The van der Waals surface area contributed by atoms with Crippen LogP contribution >= 0.6 is 15.9 Å². The highest BCUT2D eigenvalue weighted by molar-refractivity contribution is 9.10. The SMILES string of the molecule is CCN(c1ccc(C#N)c(Br)c1)C(C)CC(=O)O. The fraction of sp³-hybridized carbons (Fsp3) is 0.385. The Morgan fingerprint density at radius 2 is 2.28 bits per heavy atom. The molecule has 0 saturated carbocycles. The van der Waals surface area contributed by atoms with Gasteiger partial charge in [0.05, 0.1) is 12.0 Å². The first kappa shape index (κ1) is 14.5. The third-order valence-electron chi connectivity index (χ3n) is 2.75. The van der Waals surface area contributed by atoms with Crippen LogP contribution in [0.5, 0.6) is 0 Å². The number of benzene rings is 1. The zero-order valence-corrected chi connectivity index (χ0v) is 11.9. The molecule has 4 nitrogen and oxygen atoms in total. The predicted molar refractivity (Wildman–Crippen MR) is 73.6 cm³/mol. The van der Waals surface area contributed by atoms with E-state index in [0.29, 0.717) is 12.1 Å². The summed E-state index contributed by atoms with van der Waals surface area (Å²) in [5.41, 5.74) is 1.48. The van der Waals surface area contributed by atoms with E-state index in [9.17, 15) is 4.79 Å². The number of hydrogen-bond acceptors (Lipinski definition) is 3. The Bertz CT molecular complexity index is 482. The van der Waals surface area contributed by atoms with Crippen LogP contribution in [-0.4, -0.2) is 23.7 Å². The lowest BCUT2D eigenvalue weighted by molar-refractivity contribution is -0.137. The molecule has 0 amide bonds. The molecule has 0 bridgehead atoms. The van der Waals surface area contributed by atoms with Crippen LogP contribution in [-0.2, 0) is 4.79 Å². The van der Waals surface area contributed by atoms with E-state index in [2.05, 4.69) is 22.0 Å². The van der Waals surface area contributed by atoms with Gasteiger partial charge in [-0.05, 0) is 48.0 Å². The summed E-state index contributed by atoms with van der Waals surface area (Å²) in [6.07, 6.45) is 0.0888.